The first-order valence-corrected chi connectivity index (χ1v) is 13.0. The fourth-order valence-corrected chi connectivity index (χ4v) is 5.62. The Morgan fingerprint density at radius 1 is 1.00 bits per heavy atom. The number of amides is 3. The normalized spacial score (nSPS) is 19.6. The Bertz CT molecular complexity index is 1190. The van der Waals surface area contributed by atoms with Crippen molar-refractivity contribution in [3.8, 4) is 0 Å². The molecule has 0 bridgehead atoms. The van der Waals surface area contributed by atoms with Gasteiger partial charge in [0.2, 0.25) is 11.8 Å². The standard InChI is InChI=1S/C28H31F3N4O3/c29-28(30,31)22-9-4-6-20(16-22)17-32-24(36)18-34-19-35(23-10-2-1-3-11-23)27(26(34)38)12-14-33(15-13-27)25(37)21-7-5-8-21/h1-4,6,9-11,16,21H,5,7-8,12-15,17-19H2,(H,32,36). The molecule has 5 rings (SSSR count). The van der Waals surface area contributed by atoms with Gasteiger partial charge in [-0.05, 0) is 55.5 Å². The fraction of sp³-hybridized carbons (Fsp3) is 0.464. The molecule has 2 saturated heterocycles. The van der Waals surface area contributed by atoms with Crippen LogP contribution in [-0.2, 0) is 27.1 Å². The van der Waals surface area contributed by atoms with Crippen molar-refractivity contribution in [2.75, 3.05) is 31.2 Å². The molecule has 0 atom stereocenters. The number of anilines is 1. The fourth-order valence-electron chi connectivity index (χ4n) is 5.62. The summed E-state index contributed by atoms with van der Waals surface area (Å²) in [5, 5.41) is 2.65. The summed E-state index contributed by atoms with van der Waals surface area (Å²) < 4.78 is 39.0. The van der Waals surface area contributed by atoms with Crippen molar-refractivity contribution in [1.82, 2.24) is 15.1 Å². The quantitative estimate of drug-likeness (QED) is 0.620. The van der Waals surface area contributed by atoms with Gasteiger partial charge in [0.25, 0.3) is 5.91 Å². The second kappa shape index (κ2) is 10.3. The number of nitrogens with zero attached hydrogens (tertiary/aromatic N) is 3. The minimum atomic E-state index is -4.46. The molecule has 2 aromatic carbocycles. The van der Waals surface area contributed by atoms with Gasteiger partial charge in [0, 0.05) is 31.2 Å². The monoisotopic (exact) mass is 528 g/mol. The molecule has 1 spiro atoms. The Balaban J connectivity index is 1.26. The molecule has 1 N–H and O–H groups in total. The van der Waals surface area contributed by atoms with E-state index in [9.17, 15) is 27.6 Å². The summed E-state index contributed by atoms with van der Waals surface area (Å²) in [4.78, 5) is 44.7. The van der Waals surface area contributed by atoms with Crippen molar-refractivity contribution >= 4 is 23.4 Å². The highest BCUT2D eigenvalue weighted by Crippen LogP contribution is 2.40. The number of benzene rings is 2. The minimum absolute atomic E-state index is 0.0729. The molecule has 2 aliphatic heterocycles. The maximum atomic E-state index is 13.8. The van der Waals surface area contributed by atoms with E-state index < -0.39 is 23.2 Å². The van der Waals surface area contributed by atoms with Crippen molar-refractivity contribution in [1.29, 1.82) is 0 Å². The van der Waals surface area contributed by atoms with E-state index >= 15 is 0 Å². The summed E-state index contributed by atoms with van der Waals surface area (Å²) in [7, 11) is 0. The smallest absolute Gasteiger partial charge is 0.350 e. The summed E-state index contributed by atoms with van der Waals surface area (Å²) >= 11 is 0. The van der Waals surface area contributed by atoms with Crippen LogP contribution < -0.4 is 10.2 Å². The van der Waals surface area contributed by atoms with Crippen LogP contribution in [-0.4, -0.2) is 59.4 Å². The third-order valence-electron chi connectivity index (χ3n) is 8.02. The van der Waals surface area contributed by atoms with Gasteiger partial charge in [0.1, 0.15) is 12.1 Å². The average molecular weight is 529 g/mol. The van der Waals surface area contributed by atoms with Crippen molar-refractivity contribution in [3.05, 3.63) is 65.7 Å². The number of hydrogen-bond donors (Lipinski definition) is 1. The summed E-state index contributed by atoms with van der Waals surface area (Å²) in [6.07, 6.45) is -0.574. The van der Waals surface area contributed by atoms with Crippen LogP contribution in [0.1, 0.15) is 43.2 Å². The van der Waals surface area contributed by atoms with Gasteiger partial charge in [-0.1, -0.05) is 36.8 Å². The van der Waals surface area contributed by atoms with Gasteiger partial charge in [0.05, 0.1) is 12.2 Å². The van der Waals surface area contributed by atoms with E-state index in [0.717, 1.165) is 37.1 Å². The van der Waals surface area contributed by atoms with E-state index in [1.807, 2.05) is 40.1 Å². The van der Waals surface area contributed by atoms with Gasteiger partial charge < -0.3 is 20.0 Å². The van der Waals surface area contributed by atoms with E-state index in [4.69, 9.17) is 0 Å². The molecule has 2 aromatic rings. The number of piperidine rings is 1. The highest BCUT2D eigenvalue weighted by molar-refractivity contribution is 5.96. The molecule has 202 valence electrons. The van der Waals surface area contributed by atoms with Gasteiger partial charge >= 0.3 is 6.18 Å². The van der Waals surface area contributed by atoms with E-state index in [0.29, 0.717) is 31.5 Å². The highest BCUT2D eigenvalue weighted by atomic mass is 19.4. The van der Waals surface area contributed by atoms with Crippen LogP contribution in [0, 0.1) is 5.92 Å². The zero-order chi connectivity index (χ0) is 26.9. The summed E-state index contributed by atoms with van der Waals surface area (Å²) in [6, 6.07) is 14.4. The summed E-state index contributed by atoms with van der Waals surface area (Å²) in [6.45, 7) is 0.917. The lowest BCUT2D eigenvalue weighted by Gasteiger charge is -2.44. The second-order valence-electron chi connectivity index (χ2n) is 10.4. The van der Waals surface area contributed by atoms with Crippen LogP contribution in [0.5, 0.6) is 0 Å². The van der Waals surface area contributed by atoms with Crippen LogP contribution in [0.25, 0.3) is 0 Å². The molecule has 1 saturated carbocycles. The molecule has 0 aromatic heterocycles. The molecule has 10 heteroatoms. The Morgan fingerprint density at radius 3 is 2.34 bits per heavy atom. The first-order chi connectivity index (χ1) is 18.2. The topological polar surface area (TPSA) is 73.0 Å². The predicted molar refractivity (Wildman–Crippen MR) is 135 cm³/mol. The highest BCUT2D eigenvalue weighted by Gasteiger charge is 2.54. The maximum absolute atomic E-state index is 13.8. The molecule has 1 aliphatic carbocycles. The van der Waals surface area contributed by atoms with Crippen LogP contribution in [0.4, 0.5) is 18.9 Å². The van der Waals surface area contributed by atoms with E-state index in [1.165, 1.54) is 17.0 Å². The number of halogens is 3. The minimum Gasteiger partial charge on any atom is -0.350 e. The van der Waals surface area contributed by atoms with Crippen LogP contribution in [0.3, 0.4) is 0 Å². The number of para-hydroxylation sites is 1. The molecule has 38 heavy (non-hydrogen) atoms. The lowest BCUT2D eigenvalue weighted by atomic mass is 9.81. The number of nitrogens with one attached hydrogen (secondary N) is 1. The van der Waals surface area contributed by atoms with Crippen LogP contribution >= 0.6 is 0 Å². The lowest BCUT2D eigenvalue weighted by molar-refractivity contribution is -0.143. The molecular weight excluding hydrogens is 497 g/mol. The Kier molecular flexibility index (Phi) is 7.07. The third-order valence-corrected chi connectivity index (χ3v) is 8.02. The largest absolute Gasteiger partial charge is 0.416 e. The van der Waals surface area contributed by atoms with E-state index in [-0.39, 0.29) is 37.5 Å². The van der Waals surface area contributed by atoms with E-state index in [1.54, 1.807) is 0 Å². The van der Waals surface area contributed by atoms with Crippen molar-refractivity contribution in [2.24, 2.45) is 5.92 Å². The van der Waals surface area contributed by atoms with Crippen LogP contribution in [0.2, 0.25) is 0 Å². The molecule has 3 aliphatic rings. The number of rotatable bonds is 6. The number of carbonyl (C=O) groups excluding carboxylic acids is 3. The Labute approximate surface area is 219 Å². The number of hydrogen-bond acceptors (Lipinski definition) is 4. The van der Waals surface area contributed by atoms with Crippen molar-refractivity contribution < 1.29 is 27.6 Å². The van der Waals surface area contributed by atoms with Gasteiger partial charge in [-0.3, -0.25) is 14.4 Å². The number of likely N-dealkylation sites (tertiary alicyclic amines) is 1. The third kappa shape index (κ3) is 5.08. The Morgan fingerprint density at radius 2 is 1.71 bits per heavy atom. The average Bonchev–Trinajstić information content (AvgIpc) is 3.13. The molecule has 0 radical (unpaired) electrons. The number of alkyl halides is 3. The van der Waals surface area contributed by atoms with E-state index in [2.05, 4.69) is 5.32 Å². The molecule has 2 heterocycles. The Hall–Kier alpha value is -3.56. The van der Waals surface area contributed by atoms with Crippen molar-refractivity contribution in [3.63, 3.8) is 0 Å². The first-order valence-electron chi connectivity index (χ1n) is 13.0. The first kappa shape index (κ1) is 26.1. The zero-order valence-corrected chi connectivity index (χ0v) is 21.0. The van der Waals surface area contributed by atoms with Gasteiger partial charge in [-0.25, -0.2) is 0 Å². The lowest BCUT2D eigenvalue weighted by Crippen LogP contribution is -2.58. The van der Waals surface area contributed by atoms with Crippen LogP contribution in [0.15, 0.2) is 54.6 Å². The molecule has 3 amide bonds. The van der Waals surface area contributed by atoms with Gasteiger partial charge in [-0.15, -0.1) is 0 Å². The summed E-state index contributed by atoms with van der Waals surface area (Å²) in [5.74, 6) is -0.330. The summed E-state index contributed by atoms with van der Waals surface area (Å²) in [5.41, 5.74) is -0.432. The molecule has 0 unspecified atom stereocenters. The van der Waals surface area contributed by atoms with Gasteiger partial charge in [0.15, 0.2) is 0 Å². The van der Waals surface area contributed by atoms with Crippen molar-refractivity contribution in [2.45, 2.75) is 50.4 Å². The molecule has 3 fully saturated rings. The molecular formula is C28H31F3N4O3. The molecule has 7 nitrogen and oxygen atoms in total. The predicted octanol–water partition coefficient (Wildman–Crippen LogP) is 3.79. The second-order valence-corrected chi connectivity index (χ2v) is 10.4. The zero-order valence-electron chi connectivity index (χ0n) is 21.0. The SMILES string of the molecule is O=C(CN1CN(c2ccccc2)C2(CCN(C(=O)C3CCC3)CC2)C1=O)NCc1cccc(C(F)(F)F)c1. The maximum Gasteiger partial charge on any atom is 0.416 e. The number of carbonyl (C=O) groups is 3. The van der Waals surface area contributed by atoms with Gasteiger partial charge in [-0.2, -0.15) is 13.2 Å².